The molecule has 0 saturated carbocycles. The molecule has 3 rings (SSSR count). The summed E-state index contributed by atoms with van der Waals surface area (Å²) in [7, 11) is 0. The fourth-order valence-electron chi connectivity index (χ4n) is 2.72. The van der Waals surface area contributed by atoms with Crippen molar-refractivity contribution in [2.24, 2.45) is 0 Å². The van der Waals surface area contributed by atoms with Gasteiger partial charge in [0.2, 0.25) is 5.91 Å². The Hall–Kier alpha value is -3.07. The SMILES string of the molecule is CC(=O)Nc1ccc(Oc2c(Cl)cc(NC3=CC(=O)N(CCO)C3=O)cc2Cl)cc1. The molecule has 30 heavy (non-hydrogen) atoms. The largest absolute Gasteiger partial charge is 0.454 e. The van der Waals surface area contributed by atoms with Gasteiger partial charge in [0.1, 0.15) is 11.4 Å². The highest BCUT2D eigenvalue weighted by atomic mass is 35.5. The Morgan fingerprint density at radius 1 is 1.10 bits per heavy atom. The summed E-state index contributed by atoms with van der Waals surface area (Å²) < 4.78 is 5.74. The molecule has 0 aromatic heterocycles. The van der Waals surface area contributed by atoms with E-state index in [0.717, 1.165) is 11.0 Å². The number of nitrogens with one attached hydrogen (secondary N) is 2. The van der Waals surface area contributed by atoms with E-state index in [1.165, 1.54) is 19.1 Å². The van der Waals surface area contributed by atoms with Crippen molar-refractivity contribution in [1.82, 2.24) is 4.90 Å². The van der Waals surface area contributed by atoms with Crippen molar-refractivity contribution >= 4 is 52.3 Å². The van der Waals surface area contributed by atoms with Crippen molar-refractivity contribution < 1.29 is 24.2 Å². The third-order valence-electron chi connectivity index (χ3n) is 4.00. The normalized spacial score (nSPS) is 13.3. The van der Waals surface area contributed by atoms with Gasteiger partial charge in [-0.2, -0.15) is 0 Å². The van der Waals surface area contributed by atoms with Crippen LogP contribution in [0.3, 0.4) is 0 Å². The molecule has 0 bridgehead atoms. The fraction of sp³-hybridized carbons (Fsp3) is 0.150. The van der Waals surface area contributed by atoms with Crippen molar-refractivity contribution in [2.45, 2.75) is 6.92 Å². The van der Waals surface area contributed by atoms with Crippen LogP contribution in [0.2, 0.25) is 10.0 Å². The number of anilines is 2. The maximum Gasteiger partial charge on any atom is 0.277 e. The number of benzene rings is 2. The van der Waals surface area contributed by atoms with Gasteiger partial charge in [-0.1, -0.05) is 23.2 Å². The molecule has 0 fully saturated rings. The number of carbonyl (C=O) groups excluding carboxylic acids is 3. The minimum absolute atomic E-state index is 0.0443. The molecule has 2 aromatic rings. The molecule has 0 unspecified atom stereocenters. The minimum atomic E-state index is -0.555. The van der Waals surface area contributed by atoms with Crippen molar-refractivity contribution in [3.8, 4) is 11.5 Å². The van der Waals surface area contributed by atoms with Crippen LogP contribution in [0.25, 0.3) is 0 Å². The Morgan fingerprint density at radius 3 is 2.30 bits per heavy atom. The Labute approximate surface area is 182 Å². The van der Waals surface area contributed by atoms with E-state index in [1.807, 2.05) is 0 Å². The summed E-state index contributed by atoms with van der Waals surface area (Å²) in [5.74, 6) is -0.597. The van der Waals surface area contributed by atoms with Gasteiger partial charge < -0.3 is 20.5 Å². The van der Waals surface area contributed by atoms with Crippen LogP contribution >= 0.6 is 23.2 Å². The number of imide groups is 1. The fourth-order valence-corrected chi connectivity index (χ4v) is 3.29. The molecular weight excluding hydrogens is 433 g/mol. The quantitative estimate of drug-likeness (QED) is 0.559. The van der Waals surface area contributed by atoms with Gasteiger partial charge in [-0.05, 0) is 36.4 Å². The zero-order valence-corrected chi connectivity index (χ0v) is 17.3. The van der Waals surface area contributed by atoms with Crippen molar-refractivity contribution in [2.75, 3.05) is 23.8 Å². The Bertz CT molecular complexity index is 1010. The second-order valence-corrected chi connectivity index (χ2v) is 7.09. The first kappa shape index (κ1) is 21.6. The van der Waals surface area contributed by atoms with Crippen LogP contribution in [0.15, 0.2) is 48.2 Å². The number of nitrogens with zero attached hydrogens (tertiary/aromatic N) is 1. The first-order valence-electron chi connectivity index (χ1n) is 8.78. The Kier molecular flexibility index (Phi) is 6.61. The van der Waals surface area contributed by atoms with Gasteiger partial charge in [0.25, 0.3) is 11.8 Å². The van der Waals surface area contributed by atoms with Crippen molar-refractivity contribution in [3.05, 3.63) is 58.2 Å². The Balaban J connectivity index is 1.74. The lowest BCUT2D eigenvalue weighted by molar-refractivity contribution is -0.137. The van der Waals surface area contributed by atoms with E-state index in [4.69, 9.17) is 33.0 Å². The average molecular weight is 450 g/mol. The van der Waals surface area contributed by atoms with Crippen LogP contribution in [-0.2, 0) is 14.4 Å². The van der Waals surface area contributed by atoms with Gasteiger partial charge in [-0.3, -0.25) is 19.3 Å². The van der Waals surface area contributed by atoms with E-state index >= 15 is 0 Å². The minimum Gasteiger partial charge on any atom is -0.454 e. The van der Waals surface area contributed by atoms with E-state index in [9.17, 15) is 14.4 Å². The molecule has 0 aliphatic carbocycles. The van der Waals surface area contributed by atoms with Crippen LogP contribution in [0.5, 0.6) is 11.5 Å². The molecule has 3 amide bonds. The first-order valence-corrected chi connectivity index (χ1v) is 9.54. The van der Waals surface area contributed by atoms with Gasteiger partial charge in [-0.25, -0.2) is 0 Å². The number of aliphatic hydroxyl groups is 1. The third-order valence-corrected chi connectivity index (χ3v) is 4.57. The van der Waals surface area contributed by atoms with Gasteiger partial charge in [0, 0.05) is 24.4 Å². The summed E-state index contributed by atoms with van der Waals surface area (Å²) in [6.07, 6.45) is 1.14. The third kappa shape index (κ3) is 4.91. The average Bonchev–Trinajstić information content (AvgIpc) is 2.93. The molecule has 8 nitrogen and oxygen atoms in total. The van der Waals surface area contributed by atoms with Crippen LogP contribution in [-0.4, -0.2) is 40.9 Å². The molecular formula is C20H17Cl2N3O5. The van der Waals surface area contributed by atoms with Crippen LogP contribution < -0.4 is 15.4 Å². The van der Waals surface area contributed by atoms with E-state index in [2.05, 4.69) is 10.6 Å². The summed E-state index contributed by atoms with van der Waals surface area (Å²) >= 11 is 12.6. The van der Waals surface area contributed by atoms with E-state index < -0.39 is 11.8 Å². The summed E-state index contributed by atoms with van der Waals surface area (Å²) in [6, 6.07) is 9.63. The number of ether oxygens (including phenoxy) is 1. The summed E-state index contributed by atoms with van der Waals surface area (Å²) in [5.41, 5.74) is 1.05. The predicted molar refractivity (Wildman–Crippen MR) is 113 cm³/mol. The van der Waals surface area contributed by atoms with Gasteiger partial charge in [-0.15, -0.1) is 0 Å². The summed E-state index contributed by atoms with van der Waals surface area (Å²) in [6.45, 7) is 0.997. The molecule has 0 saturated heterocycles. The molecule has 156 valence electrons. The van der Waals surface area contributed by atoms with E-state index in [0.29, 0.717) is 17.1 Å². The molecule has 3 N–H and O–H groups in total. The maximum absolute atomic E-state index is 12.2. The van der Waals surface area contributed by atoms with Crippen LogP contribution in [0.4, 0.5) is 11.4 Å². The van der Waals surface area contributed by atoms with Crippen LogP contribution in [0.1, 0.15) is 6.92 Å². The number of hydrogen-bond donors (Lipinski definition) is 3. The lowest BCUT2D eigenvalue weighted by atomic mass is 10.2. The molecule has 2 aromatic carbocycles. The number of rotatable bonds is 7. The number of hydrogen-bond acceptors (Lipinski definition) is 6. The highest BCUT2D eigenvalue weighted by Gasteiger charge is 2.30. The van der Waals surface area contributed by atoms with Gasteiger partial charge >= 0.3 is 0 Å². The van der Waals surface area contributed by atoms with Crippen molar-refractivity contribution in [3.63, 3.8) is 0 Å². The number of amides is 3. The second kappa shape index (κ2) is 9.17. The van der Waals surface area contributed by atoms with Crippen molar-refractivity contribution in [1.29, 1.82) is 0 Å². The molecule has 0 radical (unpaired) electrons. The highest BCUT2D eigenvalue weighted by Crippen LogP contribution is 2.39. The van der Waals surface area contributed by atoms with E-state index in [-0.39, 0.29) is 40.6 Å². The smallest absolute Gasteiger partial charge is 0.277 e. The topological polar surface area (TPSA) is 108 Å². The maximum atomic E-state index is 12.2. The summed E-state index contributed by atoms with van der Waals surface area (Å²) in [5, 5.41) is 14.8. The number of β-amino-alcohol motifs (C(OH)–C–C–N with tert-alkyl or cyclic N) is 1. The molecule has 10 heteroatoms. The number of aliphatic hydroxyl groups excluding tert-OH is 1. The molecule has 0 atom stereocenters. The van der Waals surface area contributed by atoms with Gasteiger partial charge in [0.15, 0.2) is 5.75 Å². The highest BCUT2D eigenvalue weighted by molar-refractivity contribution is 6.37. The second-order valence-electron chi connectivity index (χ2n) is 6.28. The molecule has 1 heterocycles. The molecule has 0 spiro atoms. The Morgan fingerprint density at radius 2 is 1.73 bits per heavy atom. The van der Waals surface area contributed by atoms with Gasteiger partial charge in [0.05, 0.1) is 23.2 Å². The lowest BCUT2D eigenvalue weighted by Gasteiger charge is -2.15. The monoisotopic (exact) mass is 449 g/mol. The zero-order valence-electron chi connectivity index (χ0n) is 15.7. The summed E-state index contributed by atoms with van der Waals surface area (Å²) in [4.78, 5) is 36.1. The lowest BCUT2D eigenvalue weighted by Crippen LogP contribution is -2.34. The first-order chi connectivity index (χ1) is 14.3. The van der Waals surface area contributed by atoms with E-state index in [1.54, 1.807) is 24.3 Å². The predicted octanol–water partition coefficient (Wildman–Crippen LogP) is 3.40. The standard InChI is InChI=1S/C20H17Cl2N3O5/c1-11(27)23-12-2-4-14(5-3-12)30-19-15(21)8-13(9-16(19)22)24-17-10-18(28)25(6-7-26)20(17)29/h2-5,8-10,24,26H,6-7H2,1H3,(H,23,27). The van der Waals surface area contributed by atoms with Crippen LogP contribution in [0, 0.1) is 0 Å². The molecule has 1 aliphatic rings. The zero-order chi connectivity index (χ0) is 21.8. The molecule has 1 aliphatic heterocycles. The number of halogens is 2. The number of carbonyl (C=O) groups is 3.